The third-order valence-electron chi connectivity index (χ3n) is 2.97. The molecule has 1 aromatic carbocycles. The van der Waals surface area contributed by atoms with Gasteiger partial charge in [0, 0.05) is 6.04 Å². The minimum Gasteiger partial charge on any atom is -0.394 e. The van der Waals surface area contributed by atoms with E-state index < -0.39 is 5.54 Å². The van der Waals surface area contributed by atoms with Crippen LogP contribution in [0.1, 0.15) is 25.0 Å². The Morgan fingerprint density at radius 2 is 2.19 bits per heavy atom. The van der Waals surface area contributed by atoms with E-state index in [1.54, 1.807) is 0 Å². The minimum absolute atomic E-state index is 0.0577. The molecule has 2 rings (SSSR count). The summed E-state index contributed by atoms with van der Waals surface area (Å²) in [5.41, 5.74) is 1.89. The van der Waals surface area contributed by atoms with Crippen LogP contribution in [0.2, 0.25) is 0 Å². The molecular formula is C13H19NO2. The van der Waals surface area contributed by atoms with Gasteiger partial charge in [0.05, 0.1) is 25.4 Å². The summed E-state index contributed by atoms with van der Waals surface area (Å²) in [6, 6.07) is 8.45. The van der Waals surface area contributed by atoms with Gasteiger partial charge in [0.25, 0.3) is 0 Å². The monoisotopic (exact) mass is 221 g/mol. The van der Waals surface area contributed by atoms with Crippen molar-refractivity contribution in [3.05, 3.63) is 35.4 Å². The Kier molecular flexibility index (Phi) is 3.28. The molecule has 1 aromatic rings. The summed E-state index contributed by atoms with van der Waals surface area (Å²) in [4.78, 5) is 0. The second-order valence-electron chi connectivity index (χ2n) is 4.69. The van der Waals surface area contributed by atoms with Crippen molar-refractivity contribution in [3.8, 4) is 0 Å². The normalized spacial score (nSPS) is 24.5. The number of hydrogen-bond donors (Lipinski definition) is 2. The molecule has 0 bridgehead atoms. The number of fused-ring (bicyclic) bond motifs is 1. The number of ether oxygens (including phenoxy) is 1. The fourth-order valence-corrected chi connectivity index (χ4v) is 2.37. The number of hydrogen-bond acceptors (Lipinski definition) is 3. The van der Waals surface area contributed by atoms with Crippen molar-refractivity contribution in [2.24, 2.45) is 0 Å². The molecule has 0 saturated carbocycles. The first kappa shape index (κ1) is 11.6. The Bertz CT molecular complexity index is 365. The molecule has 0 fully saturated rings. The molecule has 0 amide bonds. The number of rotatable bonds is 3. The van der Waals surface area contributed by atoms with Crippen LogP contribution in [0, 0.1) is 0 Å². The van der Waals surface area contributed by atoms with Crippen molar-refractivity contribution >= 4 is 0 Å². The Morgan fingerprint density at radius 3 is 2.88 bits per heavy atom. The van der Waals surface area contributed by atoms with Crippen LogP contribution in [0.25, 0.3) is 0 Å². The van der Waals surface area contributed by atoms with Crippen LogP contribution >= 0.6 is 0 Å². The van der Waals surface area contributed by atoms with Crippen LogP contribution in [0.15, 0.2) is 24.3 Å². The van der Waals surface area contributed by atoms with Crippen molar-refractivity contribution in [1.29, 1.82) is 0 Å². The highest BCUT2D eigenvalue weighted by Crippen LogP contribution is 2.30. The molecule has 0 spiro atoms. The zero-order valence-corrected chi connectivity index (χ0v) is 9.86. The molecule has 1 heterocycles. The number of benzene rings is 1. The fourth-order valence-electron chi connectivity index (χ4n) is 2.37. The number of aliphatic hydroxyl groups excluding tert-OH is 1. The molecule has 1 aliphatic heterocycles. The van der Waals surface area contributed by atoms with E-state index in [0.29, 0.717) is 19.3 Å². The maximum atomic E-state index is 9.69. The van der Waals surface area contributed by atoms with Gasteiger partial charge in [0.15, 0.2) is 0 Å². The molecule has 0 saturated heterocycles. The van der Waals surface area contributed by atoms with E-state index in [0.717, 1.165) is 11.1 Å². The van der Waals surface area contributed by atoms with E-state index in [9.17, 15) is 5.11 Å². The Balaban J connectivity index is 2.40. The van der Waals surface area contributed by atoms with Gasteiger partial charge in [-0.05, 0) is 25.0 Å². The van der Waals surface area contributed by atoms with E-state index in [2.05, 4.69) is 31.3 Å². The lowest BCUT2D eigenvalue weighted by Gasteiger charge is -2.39. The lowest BCUT2D eigenvalue weighted by Crippen LogP contribution is -2.54. The van der Waals surface area contributed by atoms with Gasteiger partial charge in [-0.2, -0.15) is 0 Å². The third kappa shape index (κ3) is 1.98. The van der Waals surface area contributed by atoms with E-state index >= 15 is 0 Å². The Labute approximate surface area is 96.4 Å². The van der Waals surface area contributed by atoms with Crippen molar-refractivity contribution in [2.45, 2.75) is 32.0 Å². The second-order valence-corrected chi connectivity index (χ2v) is 4.69. The molecule has 2 N–H and O–H groups in total. The van der Waals surface area contributed by atoms with Gasteiger partial charge < -0.3 is 15.2 Å². The highest BCUT2D eigenvalue weighted by Gasteiger charge is 2.36. The molecule has 0 aliphatic carbocycles. The standard InChI is InChI=1S/C13H19NO2/c1-10(2)14-13(8-15)9-16-7-11-5-3-4-6-12(11)13/h3-6,10,14-15H,7-9H2,1-2H3. The van der Waals surface area contributed by atoms with Crippen molar-refractivity contribution in [3.63, 3.8) is 0 Å². The van der Waals surface area contributed by atoms with Crippen molar-refractivity contribution < 1.29 is 9.84 Å². The van der Waals surface area contributed by atoms with E-state index in [1.807, 2.05) is 12.1 Å². The quantitative estimate of drug-likeness (QED) is 0.810. The van der Waals surface area contributed by atoms with Gasteiger partial charge in [-0.25, -0.2) is 0 Å². The maximum Gasteiger partial charge on any atom is 0.0911 e. The fraction of sp³-hybridized carbons (Fsp3) is 0.538. The summed E-state index contributed by atoms with van der Waals surface area (Å²) < 4.78 is 5.58. The van der Waals surface area contributed by atoms with Gasteiger partial charge in [0.2, 0.25) is 0 Å². The van der Waals surface area contributed by atoms with Crippen LogP contribution in [-0.4, -0.2) is 24.4 Å². The predicted molar refractivity (Wildman–Crippen MR) is 63.1 cm³/mol. The molecule has 3 nitrogen and oxygen atoms in total. The molecule has 16 heavy (non-hydrogen) atoms. The molecule has 1 aliphatic rings. The van der Waals surface area contributed by atoms with Crippen LogP contribution in [0.3, 0.4) is 0 Å². The summed E-state index contributed by atoms with van der Waals surface area (Å²) in [7, 11) is 0. The van der Waals surface area contributed by atoms with Gasteiger partial charge in [-0.1, -0.05) is 24.3 Å². The van der Waals surface area contributed by atoms with E-state index in [1.165, 1.54) is 0 Å². The minimum atomic E-state index is -0.441. The van der Waals surface area contributed by atoms with Gasteiger partial charge in [-0.15, -0.1) is 0 Å². The van der Waals surface area contributed by atoms with E-state index in [4.69, 9.17) is 4.74 Å². The number of aliphatic hydroxyl groups is 1. The second kappa shape index (κ2) is 4.53. The average Bonchev–Trinajstić information content (AvgIpc) is 2.29. The van der Waals surface area contributed by atoms with Gasteiger partial charge >= 0.3 is 0 Å². The van der Waals surface area contributed by atoms with Crippen LogP contribution in [0.5, 0.6) is 0 Å². The Morgan fingerprint density at radius 1 is 1.44 bits per heavy atom. The Hall–Kier alpha value is -0.900. The maximum absolute atomic E-state index is 9.69. The largest absolute Gasteiger partial charge is 0.394 e. The topological polar surface area (TPSA) is 41.5 Å². The summed E-state index contributed by atoms with van der Waals surface area (Å²) in [6.07, 6.45) is 0. The first-order valence-corrected chi connectivity index (χ1v) is 5.72. The first-order chi connectivity index (χ1) is 7.68. The van der Waals surface area contributed by atoms with Gasteiger partial charge in [0.1, 0.15) is 0 Å². The SMILES string of the molecule is CC(C)NC1(CO)COCc2ccccc21. The molecule has 0 radical (unpaired) electrons. The lowest BCUT2D eigenvalue weighted by molar-refractivity contribution is 0.00328. The molecule has 3 heteroatoms. The lowest BCUT2D eigenvalue weighted by atomic mass is 9.85. The third-order valence-corrected chi connectivity index (χ3v) is 2.97. The highest BCUT2D eigenvalue weighted by molar-refractivity contribution is 5.35. The predicted octanol–water partition coefficient (Wildman–Crippen LogP) is 1.40. The van der Waals surface area contributed by atoms with E-state index in [-0.39, 0.29) is 6.61 Å². The summed E-state index contributed by atoms with van der Waals surface area (Å²) in [5, 5.41) is 13.1. The molecule has 1 atom stereocenters. The zero-order chi connectivity index (χ0) is 11.6. The summed E-state index contributed by atoms with van der Waals surface area (Å²) >= 11 is 0. The van der Waals surface area contributed by atoms with Gasteiger partial charge in [-0.3, -0.25) is 0 Å². The van der Waals surface area contributed by atoms with Crippen molar-refractivity contribution in [1.82, 2.24) is 5.32 Å². The zero-order valence-electron chi connectivity index (χ0n) is 9.86. The number of nitrogens with one attached hydrogen (secondary N) is 1. The van der Waals surface area contributed by atoms with Crippen LogP contribution in [0.4, 0.5) is 0 Å². The molecule has 1 unspecified atom stereocenters. The van der Waals surface area contributed by atoms with Crippen LogP contribution < -0.4 is 5.32 Å². The summed E-state index contributed by atoms with van der Waals surface area (Å²) in [6.45, 7) is 5.38. The summed E-state index contributed by atoms with van der Waals surface area (Å²) in [5.74, 6) is 0. The highest BCUT2D eigenvalue weighted by atomic mass is 16.5. The van der Waals surface area contributed by atoms with Crippen LogP contribution in [-0.2, 0) is 16.9 Å². The average molecular weight is 221 g/mol. The smallest absolute Gasteiger partial charge is 0.0911 e. The molecular weight excluding hydrogens is 202 g/mol. The molecule has 88 valence electrons. The molecule has 0 aromatic heterocycles. The van der Waals surface area contributed by atoms with Crippen molar-refractivity contribution in [2.75, 3.05) is 13.2 Å². The first-order valence-electron chi connectivity index (χ1n) is 5.72.